The van der Waals surface area contributed by atoms with Gasteiger partial charge >= 0.3 is 0 Å². The third kappa shape index (κ3) is 3.44. The smallest absolute Gasteiger partial charge is 0.0572 e. The number of hydrogen-bond acceptors (Lipinski definition) is 1. The summed E-state index contributed by atoms with van der Waals surface area (Å²) in [6.45, 7) is 2.00. The van der Waals surface area contributed by atoms with E-state index in [-0.39, 0.29) is 5.25 Å². The van der Waals surface area contributed by atoms with E-state index in [1.54, 1.807) is 0 Å². The molecule has 0 spiro atoms. The predicted octanol–water partition coefficient (Wildman–Crippen LogP) is 4.35. The van der Waals surface area contributed by atoms with E-state index in [0.717, 1.165) is 11.1 Å². The van der Waals surface area contributed by atoms with Gasteiger partial charge in [0.2, 0.25) is 0 Å². The summed E-state index contributed by atoms with van der Waals surface area (Å²) in [5.74, 6) is 0.538. The maximum absolute atomic E-state index is 12.3. The Bertz CT molecular complexity index is 539. The lowest BCUT2D eigenvalue weighted by atomic mass is 10.2. The summed E-state index contributed by atoms with van der Waals surface area (Å²) in [7, 11) is -0.934. The topological polar surface area (TPSA) is 17.1 Å². The minimum atomic E-state index is -0.934. The first-order valence-electron chi connectivity index (χ1n) is 5.83. The second-order valence-electron chi connectivity index (χ2n) is 4.21. The second kappa shape index (κ2) is 6.17. The van der Waals surface area contributed by atoms with Crippen LogP contribution < -0.4 is 0 Å². The Hall–Kier alpha value is -1.12. The van der Waals surface area contributed by atoms with Crippen molar-refractivity contribution in [1.29, 1.82) is 0 Å². The fraction of sp³-hybridized carbons (Fsp3) is 0.200. The lowest BCUT2D eigenvalue weighted by Crippen LogP contribution is -2.05. The van der Waals surface area contributed by atoms with Crippen molar-refractivity contribution in [2.75, 3.05) is 0 Å². The van der Waals surface area contributed by atoms with Gasteiger partial charge < -0.3 is 0 Å². The zero-order valence-corrected chi connectivity index (χ0v) is 11.7. The Morgan fingerprint density at radius 2 is 1.83 bits per heavy atom. The Labute approximate surface area is 115 Å². The third-order valence-corrected chi connectivity index (χ3v) is 4.78. The highest BCUT2D eigenvalue weighted by molar-refractivity contribution is 7.84. The monoisotopic (exact) mass is 278 g/mol. The zero-order valence-electron chi connectivity index (χ0n) is 10.2. The molecular weight excluding hydrogens is 264 g/mol. The van der Waals surface area contributed by atoms with E-state index < -0.39 is 10.8 Å². The Morgan fingerprint density at radius 3 is 2.50 bits per heavy atom. The van der Waals surface area contributed by atoms with Crippen LogP contribution in [0.25, 0.3) is 0 Å². The summed E-state index contributed by atoms with van der Waals surface area (Å²) in [4.78, 5) is 0. The predicted molar refractivity (Wildman–Crippen MR) is 78.2 cm³/mol. The maximum Gasteiger partial charge on any atom is 0.0572 e. The molecule has 1 nitrogen and oxygen atoms in total. The molecule has 0 saturated heterocycles. The van der Waals surface area contributed by atoms with Crippen LogP contribution >= 0.6 is 11.6 Å². The fourth-order valence-electron chi connectivity index (χ4n) is 1.79. The van der Waals surface area contributed by atoms with Gasteiger partial charge in [0.1, 0.15) is 0 Å². The van der Waals surface area contributed by atoms with Crippen LogP contribution in [-0.4, -0.2) is 4.21 Å². The fourth-order valence-corrected chi connectivity index (χ4v) is 3.22. The van der Waals surface area contributed by atoms with E-state index in [9.17, 15) is 4.21 Å². The van der Waals surface area contributed by atoms with Crippen LogP contribution in [0.3, 0.4) is 0 Å². The van der Waals surface area contributed by atoms with Gasteiger partial charge in [0.15, 0.2) is 0 Å². The van der Waals surface area contributed by atoms with Crippen LogP contribution in [0.1, 0.15) is 23.3 Å². The van der Waals surface area contributed by atoms with Crippen molar-refractivity contribution in [3.8, 4) is 0 Å². The van der Waals surface area contributed by atoms with Gasteiger partial charge in [0.25, 0.3) is 0 Å². The molecule has 0 aliphatic heterocycles. The molecule has 3 heteroatoms. The first-order valence-corrected chi connectivity index (χ1v) is 7.59. The molecule has 0 fully saturated rings. The van der Waals surface area contributed by atoms with E-state index in [1.807, 2.05) is 61.5 Å². The van der Waals surface area contributed by atoms with Crippen LogP contribution in [0.5, 0.6) is 0 Å². The summed E-state index contributed by atoms with van der Waals surface area (Å²) < 4.78 is 12.3. The highest BCUT2D eigenvalue weighted by atomic mass is 35.5. The molecule has 0 aliphatic carbocycles. The van der Waals surface area contributed by atoms with E-state index >= 15 is 0 Å². The standard InChI is InChI=1S/C15H15ClOS/c1-12(14-7-3-2-4-8-14)18(17)11-13-6-5-9-15(16)10-13/h2-10,12H,11H2,1H3. The molecule has 0 amide bonds. The van der Waals surface area contributed by atoms with Gasteiger partial charge in [-0.15, -0.1) is 0 Å². The second-order valence-corrected chi connectivity index (χ2v) is 6.40. The SMILES string of the molecule is CC(c1ccccc1)S(=O)Cc1cccc(Cl)c1. The highest BCUT2D eigenvalue weighted by Gasteiger charge is 2.13. The Balaban J connectivity index is 2.09. The minimum absolute atomic E-state index is 0.0326. The molecule has 94 valence electrons. The molecule has 0 saturated carbocycles. The van der Waals surface area contributed by atoms with Gasteiger partial charge in [-0.05, 0) is 30.2 Å². The number of rotatable bonds is 4. The average molecular weight is 279 g/mol. The average Bonchev–Trinajstić information content (AvgIpc) is 2.39. The molecule has 0 radical (unpaired) electrons. The third-order valence-electron chi connectivity index (χ3n) is 2.86. The summed E-state index contributed by atoms with van der Waals surface area (Å²) in [6.07, 6.45) is 0. The molecule has 0 heterocycles. The van der Waals surface area contributed by atoms with Crippen LogP contribution in [-0.2, 0) is 16.6 Å². The molecular formula is C15H15ClOS. The van der Waals surface area contributed by atoms with Gasteiger partial charge in [0.05, 0.1) is 5.25 Å². The van der Waals surface area contributed by atoms with Crippen molar-refractivity contribution in [3.63, 3.8) is 0 Å². The van der Waals surface area contributed by atoms with Gasteiger partial charge in [0, 0.05) is 21.6 Å². The number of benzene rings is 2. The molecule has 2 rings (SSSR count). The molecule has 0 aliphatic rings. The lowest BCUT2D eigenvalue weighted by molar-refractivity contribution is 0.675. The van der Waals surface area contributed by atoms with Gasteiger partial charge in [-0.25, -0.2) is 0 Å². The normalized spacial score (nSPS) is 14.1. The molecule has 2 atom stereocenters. The van der Waals surface area contributed by atoms with Crippen LogP contribution in [0.2, 0.25) is 5.02 Å². The molecule has 2 unspecified atom stereocenters. The van der Waals surface area contributed by atoms with Crippen LogP contribution in [0, 0.1) is 0 Å². The molecule has 2 aromatic carbocycles. The summed E-state index contributed by atoms with van der Waals surface area (Å²) in [6, 6.07) is 17.5. The van der Waals surface area contributed by atoms with Gasteiger partial charge in [-0.2, -0.15) is 0 Å². The Kier molecular flexibility index (Phi) is 4.56. The highest BCUT2D eigenvalue weighted by Crippen LogP contribution is 2.22. The van der Waals surface area contributed by atoms with Gasteiger partial charge in [-0.3, -0.25) is 4.21 Å². The number of halogens is 1. The Morgan fingerprint density at radius 1 is 1.11 bits per heavy atom. The van der Waals surface area contributed by atoms with E-state index in [1.165, 1.54) is 0 Å². The van der Waals surface area contributed by atoms with Crippen molar-refractivity contribution in [3.05, 3.63) is 70.7 Å². The van der Waals surface area contributed by atoms with E-state index in [0.29, 0.717) is 10.8 Å². The first-order chi connectivity index (χ1) is 8.66. The molecule has 0 bridgehead atoms. The van der Waals surface area contributed by atoms with E-state index in [4.69, 9.17) is 11.6 Å². The summed E-state index contributed by atoms with van der Waals surface area (Å²) in [5.41, 5.74) is 2.13. The number of hydrogen-bond donors (Lipinski definition) is 0. The maximum atomic E-state index is 12.3. The van der Waals surface area contributed by atoms with Crippen LogP contribution in [0.4, 0.5) is 0 Å². The van der Waals surface area contributed by atoms with Crippen molar-refractivity contribution in [2.45, 2.75) is 17.9 Å². The molecule has 2 aromatic rings. The summed E-state index contributed by atoms with van der Waals surface area (Å²) >= 11 is 5.93. The van der Waals surface area contributed by atoms with E-state index in [2.05, 4.69) is 0 Å². The minimum Gasteiger partial charge on any atom is -0.259 e. The molecule has 0 N–H and O–H groups in total. The van der Waals surface area contributed by atoms with Gasteiger partial charge in [-0.1, -0.05) is 54.1 Å². The van der Waals surface area contributed by atoms with Crippen molar-refractivity contribution >= 4 is 22.4 Å². The summed E-state index contributed by atoms with van der Waals surface area (Å²) in [5, 5.41) is 0.724. The largest absolute Gasteiger partial charge is 0.259 e. The van der Waals surface area contributed by atoms with Crippen molar-refractivity contribution in [1.82, 2.24) is 0 Å². The zero-order chi connectivity index (χ0) is 13.0. The lowest BCUT2D eigenvalue weighted by Gasteiger charge is -2.12. The van der Waals surface area contributed by atoms with Crippen LogP contribution in [0.15, 0.2) is 54.6 Å². The quantitative estimate of drug-likeness (QED) is 0.813. The molecule has 18 heavy (non-hydrogen) atoms. The van der Waals surface area contributed by atoms with Crippen molar-refractivity contribution in [2.24, 2.45) is 0 Å². The molecule has 0 aromatic heterocycles. The first kappa shape index (κ1) is 13.3. The van der Waals surface area contributed by atoms with Crippen molar-refractivity contribution < 1.29 is 4.21 Å².